The predicted octanol–water partition coefficient (Wildman–Crippen LogP) is 2.87. The van der Waals surface area contributed by atoms with Gasteiger partial charge in [-0.05, 0) is 80.6 Å². The lowest BCUT2D eigenvalue weighted by molar-refractivity contribution is -0.152. The molecule has 0 spiro atoms. The van der Waals surface area contributed by atoms with E-state index in [2.05, 4.69) is 10.6 Å². The van der Waals surface area contributed by atoms with E-state index in [1.807, 2.05) is 25.1 Å². The zero-order valence-electron chi connectivity index (χ0n) is 17.2. The molecule has 3 rings (SSSR count). The van der Waals surface area contributed by atoms with Crippen LogP contribution in [0.2, 0.25) is 0 Å². The fourth-order valence-electron chi connectivity index (χ4n) is 3.31. The summed E-state index contributed by atoms with van der Waals surface area (Å²) in [6.07, 6.45) is 2.23. The van der Waals surface area contributed by atoms with Crippen LogP contribution in [-0.2, 0) is 27.2 Å². The number of anilines is 1. The number of carbonyl (C=O) groups excluding carboxylic acids is 3. The maximum atomic E-state index is 12.3. The van der Waals surface area contributed by atoms with Crippen LogP contribution in [0, 0.1) is 0 Å². The predicted molar refractivity (Wildman–Crippen MR) is 113 cm³/mol. The Morgan fingerprint density at radius 2 is 1.77 bits per heavy atom. The Morgan fingerprint density at radius 3 is 2.50 bits per heavy atom. The number of aryl methyl sites for hydroxylation is 2. The molecule has 0 heterocycles. The second-order valence-corrected chi connectivity index (χ2v) is 7.10. The van der Waals surface area contributed by atoms with E-state index in [1.54, 1.807) is 24.3 Å². The first-order valence-corrected chi connectivity index (χ1v) is 10.1. The van der Waals surface area contributed by atoms with Gasteiger partial charge in [-0.1, -0.05) is 6.07 Å². The van der Waals surface area contributed by atoms with Gasteiger partial charge >= 0.3 is 5.97 Å². The van der Waals surface area contributed by atoms with E-state index in [0.29, 0.717) is 23.6 Å². The molecule has 30 heavy (non-hydrogen) atoms. The van der Waals surface area contributed by atoms with Gasteiger partial charge in [0, 0.05) is 11.3 Å². The first-order valence-electron chi connectivity index (χ1n) is 10.1. The molecule has 0 aliphatic heterocycles. The van der Waals surface area contributed by atoms with Crippen molar-refractivity contribution in [1.82, 2.24) is 5.32 Å². The Morgan fingerprint density at radius 1 is 1.03 bits per heavy atom. The normalized spacial score (nSPS) is 13.1. The van der Waals surface area contributed by atoms with E-state index < -0.39 is 23.9 Å². The van der Waals surface area contributed by atoms with Gasteiger partial charge in [0.1, 0.15) is 12.3 Å². The summed E-state index contributed by atoms with van der Waals surface area (Å²) in [7, 11) is 0. The first-order chi connectivity index (χ1) is 14.5. The van der Waals surface area contributed by atoms with Crippen LogP contribution in [0.1, 0.15) is 41.8 Å². The van der Waals surface area contributed by atoms with Crippen LogP contribution in [0.15, 0.2) is 42.5 Å². The number of fused-ring (bicyclic) bond motifs is 1. The van der Waals surface area contributed by atoms with Crippen molar-refractivity contribution in [1.29, 1.82) is 0 Å². The number of amides is 2. The summed E-state index contributed by atoms with van der Waals surface area (Å²) >= 11 is 0. The molecule has 2 aromatic carbocycles. The first kappa shape index (κ1) is 21.4. The van der Waals surface area contributed by atoms with Crippen LogP contribution in [0.4, 0.5) is 5.69 Å². The Kier molecular flexibility index (Phi) is 7.06. The van der Waals surface area contributed by atoms with Gasteiger partial charge in [0.15, 0.2) is 6.10 Å². The molecule has 2 N–H and O–H groups in total. The minimum absolute atomic E-state index is 0.331. The fraction of sp³-hybridized carbons (Fsp3) is 0.348. The highest BCUT2D eigenvalue weighted by Crippen LogP contribution is 2.25. The number of rotatable bonds is 8. The van der Waals surface area contributed by atoms with Gasteiger partial charge in [0.2, 0.25) is 0 Å². The number of nitrogens with one attached hydrogen (secondary N) is 2. The summed E-state index contributed by atoms with van der Waals surface area (Å²) < 4.78 is 10.5. The van der Waals surface area contributed by atoms with E-state index in [1.165, 1.54) is 18.1 Å². The third-order valence-corrected chi connectivity index (χ3v) is 4.86. The lowest BCUT2D eigenvalue weighted by Crippen LogP contribution is -2.35. The molecule has 1 aliphatic carbocycles. The number of hydrogen-bond donors (Lipinski definition) is 2. The van der Waals surface area contributed by atoms with Gasteiger partial charge < -0.3 is 20.1 Å². The van der Waals surface area contributed by atoms with Crippen LogP contribution in [0.3, 0.4) is 0 Å². The Bertz CT molecular complexity index is 924. The topological polar surface area (TPSA) is 93.7 Å². The summed E-state index contributed by atoms with van der Waals surface area (Å²) in [6, 6.07) is 12.4. The van der Waals surface area contributed by atoms with Gasteiger partial charge in [-0.25, -0.2) is 0 Å². The van der Waals surface area contributed by atoms with Gasteiger partial charge in [-0.2, -0.15) is 0 Å². The highest BCUT2D eigenvalue weighted by Gasteiger charge is 2.19. The summed E-state index contributed by atoms with van der Waals surface area (Å²) in [5, 5.41) is 5.25. The highest BCUT2D eigenvalue weighted by molar-refractivity contribution is 5.97. The van der Waals surface area contributed by atoms with E-state index >= 15 is 0 Å². The summed E-state index contributed by atoms with van der Waals surface area (Å²) in [4.78, 5) is 36.4. The molecule has 0 saturated carbocycles. The summed E-state index contributed by atoms with van der Waals surface area (Å²) in [6.45, 7) is 3.58. The van der Waals surface area contributed by atoms with Crippen molar-refractivity contribution in [3.8, 4) is 5.75 Å². The Balaban J connectivity index is 1.44. The van der Waals surface area contributed by atoms with Gasteiger partial charge in [-0.3, -0.25) is 14.4 Å². The number of hydrogen-bond acceptors (Lipinski definition) is 5. The largest absolute Gasteiger partial charge is 0.494 e. The van der Waals surface area contributed by atoms with Gasteiger partial charge in [0.05, 0.1) is 6.61 Å². The van der Waals surface area contributed by atoms with Crippen LogP contribution in [0.25, 0.3) is 0 Å². The van der Waals surface area contributed by atoms with Crippen molar-refractivity contribution in [2.45, 2.75) is 39.2 Å². The van der Waals surface area contributed by atoms with Crippen molar-refractivity contribution in [2.75, 3.05) is 18.5 Å². The van der Waals surface area contributed by atoms with Crippen molar-refractivity contribution in [3.05, 3.63) is 59.2 Å². The molecule has 1 atom stereocenters. The van der Waals surface area contributed by atoms with E-state index in [4.69, 9.17) is 9.47 Å². The summed E-state index contributed by atoms with van der Waals surface area (Å²) in [5.74, 6) is -0.855. The molecule has 0 unspecified atom stereocenters. The minimum atomic E-state index is -0.979. The van der Waals surface area contributed by atoms with E-state index in [-0.39, 0.29) is 6.54 Å². The molecule has 2 aromatic rings. The summed E-state index contributed by atoms with van der Waals surface area (Å²) in [5.41, 5.74) is 3.64. The fourth-order valence-corrected chi connectivity index (χ4v) is 3.31. The smallest absolute Gasteiger partial charge is 0.326 e. The van der Waals surface area contributed by atoms with Crippen LogP contribution in [0.5, 0.6) is 5.75 Å². The molecule has 7 heteroatoms. The van der Waals surface area contributed by atoms with Gasteiger partial charge in [0.25, 0.3) is 11.8 Å². The lowest BCUT2D eigenvalue weighted by atomic mass is 10.1. The quantitative estimate of drug-likeness (QED) is 0.653. The third-order valence-electron chi connectivity index (χ3n) is 4.86. The van der Waals surface area contributed by atoms with Crippen LogP contribution < -0.4 is 15.4 Å². The molecule has 0 bridgehead atoms. The number of carbonyl (C=O) groups is 3. The molecule has 158 valence electrons. The number of ether oxygens (including phenoxy) is 2. The molecule has 0 aromatic heterocycles. The lowest BCUT2D eigenvalue weighted by Gasteiger charge is -2.14. The number of esters is 1. The zero-order valence-corrected chi connectivity index (χ0v) is 17.2. The average Bonchev–Trinajstić information content (AvgIpc) is 3.20. The van der Waals surface area contributed by atoms with E-state index in [0.717, 1.165) is 19.3 Å². The van der Waals surface area contributed by atoms with Crippen LogP contribution >= 0.6 is 0 Å². The molecule has 0 fully saturated rings. The zero-order chi connectivity index (χ0) is 21.5. The van der Waals surface area contributed by atoms with Crippen molar-refractivity contribution >= 4 is 23.5 Å². The monoisotopic (exact) mass is 410 g/mol. The maximum Gasteiger partial charge on any atom is 0.326 e. The molecular formula is C23H26N2O5. The minimum Gasteiger partial charge on any atom is -0.494 e. The average molecular weight is 410 g/mol. The Hall–Kier alpha value is -3.35. The molecular weight excluding hydrogens is 384 g/mol. The number of benzene rings is 2. The second kappa shape index (κ2) is 9.91. The Labute approximate surface area is 175 Å². The van der Waals surface area contributed by atoms with Crippen molar-refractivity contribution in [3.63, 3.8) is 0 Å². The molecule has 7 nitrogen and oxygen atoms in total. The second-order valence-electron chi connectivity index (χ2n) is 7.10. The SMILES string of the molecule is CCOc1ccc(C(=O)NCC(=O)O[C@@H](C)C(=O)Nc2ccc3c(c2)CCC3)cc1. The van der Waals surface area contributed by atoms with Crippen molar-refractivity contribution in [2.24, 2.45) is 0 Å². The van der Waals surface area contributed by atoms with Crippen LogP contribution in [-0.4, -0.2) is 37.0 Å². The van der Waals surface area contributed by atoms with Crippen molar-refractivity contribution < 1.29 is 23.9 Å². The highest BCUT2D eigenvalue weighted by atomic mass is 16.5. The standard InChI is InChI=1S/C23H26N2O5/c1-3-29-20-11-8-17(9-12-20)23(28)24-14-21(26)30-15(2)22(27)25-19-10-7-16-5-4-6-18(16)13-19/h7-13,15H,3-6,14H2,1-2H3,(H,24,28)(H,25,27)/t15-/m0/s1. The van der Waals surface area contributed by atoms with E-state index in [9.17, 15) is 14.4 Å². The molecule has 0 radical (unpaired) electrons. The molecule has 0 saturated heterocycles. The maximum absolute atomic E-state index is 12.3. The molecule has 2 amide bonds. The van der Waals surface area contributed by atoms with Gasteiger partial charge in [-0.15, -0.1) is 0 Å². The third kappa shape index (κ3) is 5.59. The molecule has 1 aliphatic rings.